The van der Waals surface area contributed by atoms with Gasteiger partial charge in [-0.1, -0.05) is 33.6 Å². The van der Waals surface area contributed by atoms with E-state index < -0.39 is 8.32 Å². The number of hydrogen-bond acceptors (Lipinski definition) is 1. The summed E-state index contributed by atoms with van der Waals surface area (Å²) in [6, 6.07) is 2.09. The Hall–Kier alpha value is 0.177. The molecule has 2 heteroatoms. The summed E-state index contributed by atoms with van der Waals surface area (Å²) in [5.74, 6) is 0.789. The average molecular weight is 174 g/mol. The van der Waals surface area contributed by atoms with Crippen LogP contribution in [0.25, 0.3) is 0 Å². The van der Waals surface area contributed by atoms with Crippen LogP contribution in [0.2, 0.25) is 18.6 Å². The van der Waals surface area contributed by atoms with Gasteiger partial charge in [0.1, 0.15) is 0 Å². The third kappa shape index (κ3) is 6.57. The fourth-order valence-corrected chi connectivity index (χ4v) is 2.39. The van der Waals surface area contributed by atoms with Crippen LogP contribution in [0.3, 0.4) is 0 Å². The van der Waals surface area contributed by atoms with Crippen LogP contribution < -0.4 is 0 Å². The third-order valence-electron chi connectivity index (χ3n) is 2.26. The van der Waals surface area contributed by atoms with Crippen LogP contribution in [-0.4, -0.2) is 13.1 Å². The summed E-state index contributed by atoms with van der Waals surface area (Å²) >= 11 is 0. The predicted molar refractivity (Wildman–Crippen MR) is 53.2 cm³/mol. The maximum atomic E-state index is 9.77. The Labute approximate surface area is 72.0 Å². The van der Waals surface area contributed by atoms with Gasteiger partial charge >= 0.3 is 0 Å². The minimum Gasteiger partial charge on any atom is -0.432 e. The number of rotatable bonds is 5. The molecule has 0 fully saturated rings. The van der Waals surface area contributed by atoms with Crippen LogP contribution in [0.1, 0.15) is 33.6 Å². The van der Waals surface area contributed by atoms with E-state index in [2.05, 4.69) is 27.3 Å². The van der Waals surface area contributed by atoms with Crippen LogP contribution in [0.15, 0.2) is 0 Å². The molecule has 11 heavy (non-hydrogen) atoms. The SMILES string of the molecule is CC[Si](C)(O)CCCC(C)C. The highest BCUT2D eigenvalue weighted by Gasteiger charge is 2.20. The van der Waals surface area contributed by atoms with Crippen molar-refractivity contribution in [2.45, 2.75) is 52.2 Å². The average Bonchev–Trinajstić information content (AvgIpc) is 1.87. The van der Waals surface area contributed by atoms with E-state index in [0.29, 0.717) is 0 Å². The van der Waals surface area contributed by atoms with Gasteiger partial charge in [0.25, 0.3) is 0 Å². The molecule has 0 rings (SSSR count). The van der Waals surface area contributed by atoms with Crippen molar-refractivity contribution in [1.82, 2.24) is 0 Å². The molecular weight excluding hydrogens is 152 g/mol. The molecule has 0 saturated carbocycles. The highest BCUT2D eigenvalue weighted by Crippen LogP contribution is 2.17. The lowest BCUT2D eigenvalue weighted by Crippen LogP contribution is -2.28. The smallest absolute Gasteiger partial charge is 0.185 e. The Morgan fingerprint density at radius 2 is 1.91 bits per heavy atom. The van der Waals surface area contributed by atoms with Gasteiger partial charge in [-0.3, -0.25) is 0 Å². The fourth-order valence-electron chi connectivity index (χ4n) is 1.07. The summed E-state index contributed by atoms with van der Waals surface area (Å²) < 4.78 is 0. The monoisotopic (exact) mass is 174 g/mol. The molecular formula is C9H22OSi. The van der Waals surface area contributed by atoms with Crippen molar-refractivity contribution in [1.29, 1.82) is 0 Å². The van der Waals surface area contributed by atoms with Gasteiger partial charge in [-0.15, -0.1) is 0 Å². The van der Waals surface area contributed by atoms with E-state index >= 15 is 0 Å². The molecule has 1 atom stereocenters. The van der Waals surface area contributed by atoms with Crippen molar-refractivity contribution in [3.05, 3.63) is 0 Å². The van der Waals surface area contributed by atoms with E-state index in [1.54, 1.807) is 0 Å². The van der Waals surface area contributed by atoms with Crippen molar-refractivity contribution >= 4 is 8.32 Å². The van der Waals surface area contributed by atoms with E-state index in [-0.39, 0.29) is 0 Å². The summed E-state index contributed by atoms with van der Waals surface area (Å²) in [6.45, 7) is 8.64. The van der Waals surface area contributed by atoms with Crippen LogP contribution >= 0.6 is 0 Å². The topological polar surface area (TPSA) is 20.2 Å². The van der Waals surface area contributed by atoms with Crippen molar-refractivity contribution < 1.29 is 4.80 Å². The quantitative estimate of drug-likeness (QED) is 0.635. The second-order valence-electron chi connectivity index (χ2n) is 4.14. The van der Waals surface area contributed by atoms with E-state index in [4.69, 9.17) is 0 Å². The molecule has 1 N–H and O–H groups in total. The second kappa shape index (κ2) is 4.94. The van der Waals surface area contributed by atoms with Gasteiger partial charge in [0.05, 0.1) is 0 Å². The minimum absolute atomic E-state index is 0.789. The second-order valence-corrected chi connectivity index (χ2v) is 8.34. The molecule has 0 aliphatic carbocycles. The van der Waals surface area contributed by atoms with E-state index in [0.717, 1.165) is 18.0 Å². The van der Waals surface area contributed by atoms with Crippen LogP contribution in [0, 0.1) is 5.92 Å². The molecule has 0 spiro atoms. The summed E-state index contributed by atoms with van der Waals surface area (Å²) in [6.07, 6.45) is 2.48. The third-order valence-corrected chi connectivity index (χ3v) is 5.21. The molecule has 1 unspecified atom stereocenters. The van der Waals surface area contributed by atoms with Crippen LogP contribution in [0.5, 0.6) is 0 Å². The first kappa shape index (κ1) is 11.2. The highest BCUT2D eigenvalue weighted by molar-refractivity contribution is 6.71. The Kier molecular flexibility index (Phi) is 5.02. The predicted octanol–water partition coefficient (Wildman–Crippen LogP) is 3.01. The molecule has 0 aromatic rings. The first-order valence-corrected chi connectivity index (χ1v) is 7.56. The zero-order chi connectivity index (χ0) is 8.91. The lowest BCUT2D eigenvalue weighted by atomic mass is 10.1. The van der Waals surface area contributed by atoms with Gasteiger partial charge in [-0.2, -0.15) is 0 Å². The van der Waals surface area contributed by atoms with Gasteiger partial charge < -0.3 is 4.80 Å². The Bertz CT molecular complexity index is 99.7. The van der Waals surface area contributed by atoms with E-state index in [1.807, 2.05) is 0 Å². The van der Waals surface area contributed by atoms with Crippen molar-refractivity contribution in [2.75, 3.05) is 0 Å². The van der Waals surface area contributed by atoms with Gasteiger partial charge in [0.2, 0.25) is 0 Å². The first-order chi connectivity index (χ1) is 4.98. The molecule has 68 valence electrons. The van der Waals surface area contributed by atoms with Gasteiger partial charge in [0, 0.05) is 0 Å². The fraction of sp³-hybridized carbons (Fsp3) is 1.00. The molecule has 0 saturated heterocycles. The van der Waals surface area contributed by atoms with Crippen molar-refractivity contribution in [3.63, 3.8) is 0 Å². The maximum absolute atomic E-state index is 9.77. The largest absolute Gasteiger partial charge is 0.432 e. The first-order valence-electron chi connectivity index (χ1n) is 4.70. The standard InChI is InChI=1S/C9H22OSi/c1-5-11(4,10)8-6-7-9(2)3/h9-10H,5-8H2,1-4H3. The van der Waals surface area contributed by atoms with Crippen molar-refractivity contribution in [2.24, 2.45) is 5.92 Å². The molecule has 0 heterocycles. The lowest BCUT2D eigenvalue weighted by Gasteiger charge is -2.17. The zero-order valence-electron chi connectivity index (χ0n) is 8.35. The molecule has 0 radical (unpaired) electrons. The molecule has 0 amide bonds. The highest BCUT2D eigenvalue weighted by atomic mass is 28.4. The van der Waals surface area contributed by atoms with Crippen LogP contribution in [-0.2, 0) is 0 Å². The zero-order valence-corrected chi connectivity index (χ0v) is 9.35. The Morgan fingerprint density at radius 3 is 2.27 bits per heavy atom. The molecule has 0 aromatic carbocycles. The Balaban J connectivity index is 3.38. The lowest BCUT2D eigenvalue weighted by molar-refractivity contribution is 0.514. The summed E-state index contributed by atoms with van der Waals surface area (Å²) in [5, 5.41) is 0. The molecule has 0 aliphatic rings. The van der Waals surface area contributed by atoms with Gasteiger partial charge in [-0.05, 0) is 24.6 Å². The van der Waals surface area contributed by atoms with Crippen LogP contribution in [0.4, 0.5) is 0 Å². The molecule has 0 bridgehead atoms. The van der Waals surface area contributed by atoms with Gasteiger partial charge in [0.15, 0.2) is 8.32 Å². The summed E-state index contributed by atoms with van der Waals surface area (Å²) in [5.41, 5.74) is 0. The summed E-state index contributed by atoms with van der Waals surface area (Å²) in [7, 11) is -1.74. The maximum Gasteiger partial charge on any atom is 0.185 e. The Morgan fingerprint density at radius 1 is 1.36 bits per heavy atom. The molecule has 0 aromatic heterocycles. The van der Waals surface area contributed by atoms with Gasteiger partial charge in [-0.25, -0.2) is 0 Å². The summed E-state index contributed by atoms with van der Waals surface area (Å²) in [4.78, 5) is 9.77. The number of hydrogen-bond donors (Lipinski definition) is 1. The normalized spacial score (nSPS) is 16.9. The van der Waals surface area contributed by atoms with E-state index in [1.165, 1.54) is 12.8 Å². The van der Waals surface area contributed by atoms with Crippen molar-refractivity contribution in [3.8, 4) is 0 Å². The minimum atomic E-state index is -1.74. The molecule has 1 nitrogen and oxygen atoms in total. The molecule has 0 aliphatic heterocycles. The van der Waals surface area contributed by atoms with E-state index in [9.17, 15) is 4.80 Å².